The van der Waals surface area contributed by atoms with Gasteiger partial charge in [0.25, 0.3) is 0 Å². The summed E-state index contributed by atoms with van der Waals surface area (Å²) < 4.78 is 5.29. The fourth-order valence-electron chi connectivity index (χ4n) is 1.84. The largest absolute Gasteiger partial charge is 0.462 e. The second-order valence-corrected chi connectivity index (χ2v) is 4.53. The topological polar surface area (TPSA) is 52.3 Å². The molecule has 1 aromatic rings. The summed E-state index contributed by atoms with van der Waals surface area (Å²) in [7, 11) is 0. The van der Waals surface area contributed by atoms with Crippen LogP contribution in [0.1, 0.15) is 42.6 Å². The molecule has 3 heteroatoms. The number of carbonyl (C=O) groups is 1. The fraction of sp³-hybridized carbons (Fsp3) is 0.500. The number of nitrogens with two attached hydrogens (primary N) is 1. The Hall–Kier alpha value is -1.51. The van der Waals surface area contributed by atoms with Crippen molar-refractivity contribution >= 4 is 11.7 Å². The van der Waals surface area contributed by atoms with Gasteiger partial charge in [-0.25, -0.2) is 4.79 Å². The molecule has 0 amide bonds. The summed E-state index contributed by atoms with van der Waals surface area (Å²) in [6.45, 7) is 6.53. The Labute approximate surface area is 103 Å². The zero-order chi connectivity index (χ0) is 12.8. The van der Waals surface area contributed by atoms with Crippen LogP contribution in [0.4, 0.5) is 5.69 Å². The molecule has 1 unspecified atom stereocenters. The zero-order valence-corrected chi connectivity index (χ0v) is 10.8. The number of esters is 1. The number of benzene rings is 1. The van der Waals surface area contributed by atoms with Gasteiger partial charge in [0, 0.05) is 5.69 Å². The molecular formula is C14H21NO2. The number of aryl methyl sites for hydroxylation is 1. The lowest BCUT2D eigenvalue weighted by Gasteiger charge is -2.13. The molecule has 0 saturated carbocycles. The van der Waals surface area contributed by atoms with Gasteiger partial charge >= 0.3 is 5.97 Å². The van der Waals surface area contributed by atoms with E-state index in [1.54, 1.807) is 6.07 Å². The Bertz CT molecular complexity index is 368. The van der Waals surface area contributed by atoms with Crippen LogP contribution in [0.2, 0.25) is 0 Å². The van der Waals surface area contributed by atoms with Gasteiger partial charge in [0.15, 0.2) is 0 Å². The Balaban J connectivity index is 2.64. The highest BCUT2D eigenvalue weighted by Gasteiger charge is 2.14. The van der Waals surface area contributed by atoms with E-state index in [1.165, 1.54) is 0 Å². The van der Waals surface area contributed by atoms with Crippen molar-refractivity contribution in [1.29, 1.82) is 0 Å². The molecule has 1 atom stereocenters. The van der Waals surface area contributed by atoms with Gasteiger partial charge in [0.05, 0.1) is 12.2 Å². The van der Waals surface area contributed by atoms with E-state index in [-0.39, 0.29) is 5.97 Å². The molecule has 17 heavy (non-hydrogen) atoms. The van der Waals surface area contributed by atoms with E-state index in [9.17, 15) is 4.79 Å². The first-order valence-corrected chi connectivity index (χ1v) is 6.08. The minimum Gasteiger partial charge on any atom is -0.462 e. The van der Waals surface area contributed by atoms with Crippen LogP contribution in [0.25, 0.3) is 0 Å². The van der Waals surface area contributed by atoms with Crippen molar-refractivity contribution in [3.8, 4) is 0 Å². The van der Waals surface area contributed by atoms with Gasteiger partial charge in [-0.1, -0.05) is 32.4 Å². The Morgan fingerprint density at radius 1 is 1.47 bits per heavy atom. The second kappa shape index (κ2) is 6.28. The molecule has 0 radical (unpaired) electrons. The van der Waals surface area contributed by atoms with E-state index in [4.69, 9.17) is 10.5 Å². The van der Waals surface area contributed by atoms with Crippen molar-refractivity contribution in [2.45, 2.75) is 33.6 Å². The molecule has 0 spiro atoms. The lowest BCUT2D eigenvalue weighted by molar-refractivity contribution is 0.0444. The van der Waals surface area contributed by atoms with Gasteiger partial charge in [-0.15, -0.1) is 0 Å². The molecule has 1 rings (SSSR count). The van der Waals surface area contributed by atoms with E-state index in [0.29, 0.717) is 23.8 Å². The molecule has 0 saturated heterocycles. The number of nitrogen functional groups attached to an aromatic ring is 1. The maximum Gasteiger partial charge on any atom is 0.340 e. The highest BCUT2D eigenvalue weighted by atomic mass is 16.5. The number of anilines is 1. The highest BCUT2D eigenvalue weighted by Crippen LogP contribution is 2.18. The van der Waals surface area contributed by atoms with Gasteiger partial charge < -0.3 is 10.5 Å². The summed E-state index contributed by atoms with van der Waals surface area (Å²) in [5, 5.41) is 0. The van der Waals surface area contributed by atoms with Crippen molar-refractivity contribution < 1.29 is 9.53 Å². The van der Waals surface area contributed by atoms with Crippen LogP contribution in [-0.4, -0.2) is 12.6 Å². The minimum atomic E-state index is -0.316. The third-order valence-corrected chi connectivity index (χ3v) is 2.79. The summed E-state index contributed by atoms with van der Waals surface area (Å²) in [5.41, 5.74) is 7.63. The van der Waals surface area contributed by atoms with Crippen molar-refractivity contribution in [2.75, 3.05) is 12.3 Å². The van der Waals surface area contributed by atoms with E-state index in [0.717, 1.165) is 18.4 Å². The number of rotatable bonds is 5. The molecule has 0 aliphatic heterocycles. The monoisotopic (exact) mass is 235 g/mol. The zero-order valence-electron chi connectivity index (χ0n) is 10.8. The molecule has 1 aromatic carbocycles. The van der Waals surface area contributed by atoms with Crippen molar-refractivity contribution in [1.82, 2.24) is 0 Å². The van der Waals surface area contributed by atoms with Gasteiger partial charge in [0.1, 0.15) is 0 Å². The van der Waals surface area contributed by atoms with Crippen molar-refractivity contribution in [3.05, 3.63) is 29.3 Å². The summed E-state index contributed by atoms with van der Waals surface area (Å²) in [4.78, 5) is 11.9. The summed E-state index contributed by atoms with van der Waals surface area (Å²) >= 11 is 0. The SMILES string of the molecule is CCCC(C)COC(=O)c1c(C)cccc1N. The van der Waals surface area contributed by atoms with Gasteiger partial charge in [0.2, 0.25) is 0 Å². The summed E-state index contributed by atoms with van der Waals surface area (Å²) in [6.07, 6.45) is 2.17. The van der Waals surface area contributed by atoms with Crippen LogP contribution in [0.3, 0.4) is 0 Å². The van der Waals surface area contributed by atoms with Gasteiger partial charge in [-0.05, 0) is 30.9 Å². The predicted molar refractivity (Wildman–Crippen MR) is 69.9 cm³/mol. The molecule has 2 N–H and O–H groups in total. The highest BCUT2D eigenvalue weighted by molar-refractivity contribution is 5.96. The fourth-order valence-corrected chi connectivity index (χ4v) is 1.84. The summed E-state index contributed by atoms with van der Waals surface area (Å²) in [6, 6.07) is 5.42. The lowest BCUT2D eigenvalue weighted by Crippen LogP contribution is -2.14. The van der Waals surface area contributed by atoms with E-state index < -0.39 is 0 Å². The summed E-state index contributed by atoms with van der Waals surface area (Å²) in [5.74, 6) is 0.0812. The van der Waals surface area contributed by atoms with Crippen LogP contribution in [0.15, 0.2) is 18.2 Å². The van der Waals surface area contributed by atoms with E-state index >= 15 is 0 Å². The molecule has 0 bridgehead atoms. The number of hydrogen-bond donors (Lipinski definition) is 1. The Kier molecular flexibility index (Phi) is 5.01. The smallest absolute Gasteiger partial charge is 0.340 e. The molecule has 0 fully saturated rings. The van der Waals surface area contributed by atoms with E-state index in [2.05, 4.69) is 13.8 Å². The first-order chi connectivity index (χ1) is 8.06. The maximum absolute atomic E-state index is 11.9. The van der Waals surface area contributed by atoms with Crippen LogP contribution < -0.4 is 5.73 Å². The first-order valence-electron chi connectivity index (χ1n) is 6.08. The minimum absolute atomic E-state index is 0.316. The van der Waals surface area contributed by atoms with Gasteiger partial charge in [-0.2, -0.15) is 0 Å². The third-order valence-electron chi connectivity index (χ3n) is 2.79. The quantitative estimate of drug-likeness (QED) is 0.630. The van der Waals surface area contributed by atoms with Crippen molar-refractivity contribution in [3.63, 3.8) is 0 Å². The molecular weight excluding hydrogens is 214 g/mol. The molecule has 94 valence electrons. The molecule has 0 aromatic heterocycles. The average molecular weight is 235 g/mol. The van der Waals surface area contributed by atoms with Crippen LogP contribution in [0, 0.1) is 12.8 Å². The maximum atomic E-state index is 11.9. The molecule has 0 aliphatic carbocycles. The second-order valence-electron chi connectivity index (χ2n) is 4.53. The molecule has 0 heterocycles. The lowest BCUT2D eigenvalue weighted by atomic mass is 10.1. The number of carbonyl (C=O) groups excluding carboxylic acids is 1. The third kappa shape index (κ3) is 3.77. The normalized spacial score (nSPS) is 12.2. The first kappa shape index (κ1) is 13.6. The Morgan fingerprint density at radius 2 is 2.18 bits per heavy atom. The Morgan fingerprint density at radius 3 is 2.76 bits per heavy atom. The van der Waals surface area contributed by atoms with Crippen LogP contribution in [0.5, 0.6) is 0 Å². The average Bonchev–Trinajstić information content (AvgIpc) is 2.26. The number of hydrogen-bond acceptors (Lipinski definition) is 3. The standard InChI is InChI=1S/C14H21NO2/c1-4-6-10(2)9-17-14(16)13-11(3)7-5-8-12(13)15/h5,7-8,10H,4,6,9,15H2,1-3H3. The van der Waals surface area contributed by atoms with Crippen LogP contribution in [-0.2, 0) is 4.74 Å². The van der Waals surface area contributed by atoms with Crippen LogP contribution >= 0.6 is 0 Å². The molecule has 3 nitrogen and oxygen atoms in total. The number of ether oxygens (including phenoxy) is 1. The molecule has 0 aliphatic rings. The van der Waals surface area contributed by atoms with Gasteiger partial charge in [-0.3, -0.25) is 0 Å². The van der Waals surface area contributed by atoms with E-state index in [1.807, 2.05) is 19.1 Å². The van der Waals surface area contributed by atoms with Crippen molar-refractivity contribution in [2.24, 2.45) is 5.92 Å². The predicted octanol–water partition coefficient (Wildman–Crippen LogP) is 3.17.